The van der Waals surface area contributed by atoms with E-state index in [4.69, 9.17) is 10.4 Å². The Balaban J connectivity index is 3.09. The standard InChI is InChI=1S/C10H6F2N2O3/c11-6-4-7(12)8(3-5(6)10(16)17)14-9(15)1-2-13/h3-4H,1H2,(H,14,15)(H,16,17). The first-order valence-electron chi connectivity index (χ1n) is 4.35. The highest BCUT2D eigenvalue weighted by Crippen LogP contribution is 2.19. The number of halogens is 2. The molecule has 5 nitrogen and oxygen atoms in total. The second-order valence-corrected chi connectivity index (χ2v) is 3.00. The summed E-state index contributed by atoms with van der Waals surface area (Å²) in [5.74, 6) is -4.75. The lowest BCUT2D eigenvalue weighted by molar-refractivity contribution is -0.115. The van der Waals surface area contributed by atoms with Crippen molar-refractivity contribution in [2.45, 2.75) is 6.42 Å². The Morgan fingerprint density at radius 3 is 2.53 bits per heavy atom. The summed E-state index contributed by atoms with van der Waals surface area (Å²) >= 11 is 0. The van der Waals surface area contributed by atoms with Gasteiger partial charge in [-0.3, -0.25) is 4.79 Å². The molecule has 0 aliphatic heterocycles. The number of carboxylic acid groups (broad SMARTS) is 1. The quantitative estimate of drug-likeness (QED) is 0.837. The van der Waals surface area contributed by atoms with Crippen molar-refractivity contribution in [3.05, 3.63) is 29.3 Å². The number of anilines is 1. The van der Waals surface area contributed by atoms with Gasteiger partial charge in [-0.05, 0) is 6.07 Å². The minimum Gasteiger partial charge on any atom is -0.478 e. The number of hydrogen-bond donors (Lipinski definition) is 2. The van der Waals surface area contributed by atoms with E-state index in [0.717, 1.165) is 0 Å². The predicted octanol–water partition coefficient (Wildman–Crippen LogP) is 1.52. The van der Waals surface area contributed by atoms with Gasteiger partial charge < -0.3 is 10.4 Å². The van der Waals surface area contributed by atoms with Crippen LogP contribution in [0.4, 0.5) is 14.5 Å². The number of nitrogens with zero attached hydrogens (tertiary/aromatic N) is 1. The zero-order chi connectivity index (χ0) is 13.0. The molecule has 1 aromatic carbocycles. The van der Waals surface area contributed by atoms with Crippen LogP contribution in [0, 0.1) is 23.0 Å². The third kappa shape index (κ3) is 2.98. The van der Waals surface area contributed by atoms with Gasteiger partial charge in [-0.2, -0.15) is 5.26 Å². The van der Waals surface area contributed by atoms with Crippen LogP contribution in [-0.2, 0) is 4.79 Å². The molecule has 1 aromatic rings. The molecule has 0 unspecified atom stereocenters. The van der Waals surface area contributed by atoms with Gasteiger partial charge in [0.2, 0.25) is 5.91 Å². The molecular weight excluding hydrogens is 234 g/mol. The van der Waals surface area contributed by atoms with Crippen LogP contribution in [0.5, 0.6) is 0 Å². The maximum Gasteiger partial charge on any atom is 0.338 e. The van der Waals surface area contributed by atoms with Gasteiger partial charge in [0, 0.05) is 6.07 Å². The van der Waals surface area contributed by atoms with Crippen molar-refractivity contribution in [3.8, 4) is 6.07 Å². The first kappa shape index (κ1) is 12.6. The Labute approximate surface area is 94.3 Å². The zero-order valence-electron chi connectivity index (χ0n) is 8.33. The Hall–Kier alpha value is -2.49. The molecule has 0 heterocycles. The van der Waals surface area contributed by atoms with Crippen LogP contribution in [0.2, 0.25) is 0 Å². The van der Waals surface area contributed by atoms with Crippen molar-refractivity contribution in [2.24, 2.45) is 0 Å². The molecule has 0 fully saturated rings. The second kappa shape index (κ2) is 5.03. The van der Waals surface area contributed by atoms with Crippen molar-refractivity contribution in [2.75, 3.05) is 5.32 Å². The summed E-state index contributed by atoms with van der Waals surface area (Å²) in [4.78, 5) is 21.6. The number of aromatic carboxylic acids is 1. The van der Waals surface area contributed by atoms with Gasteiger partial charge in [-0.25, -0.2) is 13.6 Å². The summed E-state index contributed by atoms with van der Waals surface area (Å²) in [6, 6.07) is 2.54. The zero-order valence-corrected chi connectivity index (χ0v) is 8.33. The van der Waals surface area contributed by atoms with E-state index in [1.807, 2.05) is 5.32 Å². The number of benzene rings is 1. The van der Waals surface area contributed by atoms with E-state index in [2.05, 4.69) is 0 Å². The number of hydrogen-bond acceptors (Lipinski definition) is 3. The Morgan fingerprint density at radius 2 is 2.00 bits per heavy atom. The Morgan fingerprint density at radius 1 is 1.35 bits per heavy atom. The summed E-state index contributed by atoms with van der Waals surface area (Å²) in [5, 5.41) is 18.8. The van der Waals surface area contributed by atoms with Gasteiger partial charge in [0.15, 0.2) is 0 Å². The summed E-state index contributed by atoms with van der Waals surface area (Å²) in [5.41, 5.74) is -1.25. The van der Waals surface area contributed by atoms with Crippen LogP contribution in [0.1, 0.15) is 16.8 Å². The van der Waals surface area contributed by atoms with Crippen LogP contribution in [0.25, 0.3) is 0 Å². The lowest BCUT2D eigenvalue weighted by atomic mass is 10.1. The fourth-order valence-electron chi connectivity index (χ4n) is 1.07. The summed E-state index contributed by atoms with van der Waals surface area (Å²) in [7, 11) is 0. The largest absolute Gasteiger partial charge is 0.478 e. The first-order valence-corrected chi connectivity index (χ1v) is 4.35. The lowest BCUT2D eigenvalue weighted by Gasteiger charge is -2.06. The normalized spacial score (nSPS) is 9.47. The molecule has 0 saturated carbocycles. The number of carboxylic acids is 1. The highest BCUT2D eigenvalue weighted by Gasteiger charge is 2.16. The third-order valence-corrected chi connectivity index (χ3v) is 1.80. The average molecular weight is 240 g/mol. The molecule has 17 heavy (non-hydrogen) atoms. The summed E-state index contributed by atoms with van der Waals surface area (Å²) in [6.45, 7) is 0. The number of nitriles is 1. The number of carbonyl (C=O) groups excluding carboxylic acids is 1. The van der Waals surface area contributed by atoms with Gasteiger partial charge in [-0.15, -0.1) is 0 Å². The molecule has 0 bridgehead atoms. The molecule has 0 radical (unpaired) electrons. The van der Waals surface area contributed by atoms with Crippen molar-refractivity contribution in [1.29, 1.82) is 5.26 Å². The van der Waals surface area contributed by atoms with E-state index >= 15 is 0 Å². The topological polar surface area (TPSA) is 90.2 Å². The molecule has 2 N–H and O–H groups in total. The van der Waals surface area contributed by atoms with Gasteiger partial charge in [-0.1, -0.05) is 0 Å². The minimum atomic E-state index is -1.58. The molecule has 0 aromatic heterocycles. The van der Waals surface area contributed by atoms with Crippen molar-refractivity contribution in [1.82, 2.24) is 0 Å². The molecule has 0 aliphatic rings. The minimum absolute atomic E-state index is 0.353. The maximum absolute atomic E-state index is 13.2. The molecule has 0 atom stereocenters. The number of amides is 1. The van der Waals surface area contributed by atoms with Crippen molar-refractivity contribution in [3.63, 3.8) is 0 Å². The van der Waals surface area contributed by atoms with E-state index in [1.54, 1.807) is 0 Å². The molecular formula is C10H6F2N2O3. The molecule has 88 valence electrons. The smallest absolute Gasteiger partial charge is 0.338 e. The summed E-state index contributed by atoms with van der Waals surface area (Å²) in [6.07, 6.45) is -0.515. The predicted molar refractivity (Wildman–Crippen MR) is 52.2 cm³/mol. The first-order chi connectivity index (χ1) is 7.95. The van der Waals surface area contributed by atoms with Crippen LogP contribution in [0.15, 0.2) is 12.1 Å². The van der Waals surface area contributed by atoms with E-state index < -0.39 is 41.2 Å². The third-order valence-electron chi connectivity index (χ3n) is 1.80. The van der Waals surface area contributed by atoms with E-state index in [1.165, 1.54) is 6.07 Å². The van der Waals surface area contributed by atoms with Crippen molar-refractivity contribution >= 4 is 17.6 Å². The molecule has 0 aliphatic carbocycles. The number of nitrogens with one attached hydrogen (secondary N) is 1. The number of rotatable bonds is 3. The van der Waals surface area contributed by atoms with Crippen molar-refractivity contribution < 1.29 is 23.5 Å². The Bertz CT molecular complexity index is 523. The molecule has 0 spiro atoms. The molecule has 1 rings (SSSR count). The molecule has 1 amide bonds. The van der Waals surface area contributed by atoms with Gasteiger partial charge in [0.05, 0.1) is 17.3 Å². The molecule has 0 saturated heterocycles. The fraction of sp³-hybridized carbons (Fsp3) is 0.100. The van der Waals surface area contributed by atoms with Gasteiger partial charge in [0.25, 0.3) is 0 Å². The van der Waals surface area contributed by atoms with E-state index in [9.17, 15) is 18.4 Å². The molecule has 7 heteroatoms. The SMILES string of the molecule is N#CCC(=O)Nc1cc(C(=O)O)c(F)cc1F. The fourth-order valence-corrected chi connectivity index (χ4v) is 1.07. The lowest BCUT2D eigenvalue weighted by Crippen LogP contribution is -2.13. The van der Waals surface area contributed by atoms with E-state index in [0.29, 0.717) is 12.1 Å². The maximum atomic E-state index is 13.2. The average Bonchev–Trinajstić information content (AvgIpc) is 2.21. The van der Waals surface area contributed by atoms with Crippen LogP contribution < -0.4 is 5.32 Å². The Kier molecular flexibility index (Phi) is 3.72. The number of carbonyl (C=O) groups is 2. The monoisotopic (exact) mass is 240 g/mol. The van der Waals surface area contributed by atoms with Crippen LogP contribution in [-0.4, -0.2) is 17.0 Å². The van der Waals surface area contributed by atoms with Gasteiger partial charge >= 0.3 is 5.97 Å². The summed E-state index contributed by atoms with van der Waals surface area (Å²) < 4.78 is 26.1. The van der Waals surface area contributed by atoms with Crippen LogP contribution in [0.3, 0.4) is 0 Å². The van der Waals surface area contributed by atoms with Crippen LogP contribution >= 0.6 is 0 Å². The van der Waals surface area contributed by atoms with E-state index in [-0.39, 0.29) is 0 Å². The highest BCUT2D eigenvalue weighted by molar-refractivity contribution is 5.94. The van der Waals surface area contributed by atoms with Gasteiger partial charge in [0.1, 0.15) is 18.1 Å². The second-order valence-electron chi connectivity index (χ2n) is 3.00. The highest BCUT2D eigenvalue weighted by atomic mass is 19.1.